The number of nitrogens with zero attached hydrogens (tertiary/aromatic N) is 3. The van der Waals surface area contributed by atoms with Crippen LogP contribution in [0, 0.1) is 12.8 Å². The summed E-state index contributed by atoms with van der Waals surface area (Å²) in [5.74, 6) is 0.489. The Hall–Kier alpha value is -1.92. The molecule has 1 fully saturated rings. The molecule has 6 nitrogen and oxygen atoms in total. The number of amides is 1. The molecule has 3 rings (SSSR count). The van der Waals surface area contributed by atoms with Crippen molar-refractivity contribution in [3.63, 3.8) is 0 Å². The van der Waals surface area contributed by atoms with Gasteiger partial charge in [0, 0.05) is 18.2 Å². The van der Waals surface area contributed by atoms with Gasteiger partial charge in [0.1, 0.15) is 12.7 Å². The second kappa shape index (κ2) is 7.57. The Balaban J connectivity index is 0.00000192. The Kier molecular flexibility index (Phi) is 5.74. The molecule has 1 aromatic carbocycles. The van der Waals surface area contributed by atoms with E-state index in [0.717, 1.165) is 30.8 Å². The molecule has 2 heterocycles. The van der Waals surface area contributed by atoms with Crippen LogP contribution in [0.4, 0.5) is 0 Å². The second-order valence-corrected chi connectivity index (χ2v) is 5.89. The number of aromatic nitrogens is 3. The number of hydrogen-bond acceptors (Lipinski definition) is 4. The van der Waals surface area contributed by atoms with E-state index in [2.05, 4.69) is 27.6 Å². The van der Waals surface area contributed by atoms with Crippen LogP contribution in [0.1, 0.15) is 29.3 Å². The van der Waals surface area contributed by atoms with Crippen LogP contribution in [0.15, 0.2) is 30.9 Å². The van der Waals surface area contributed by atoms with Crippen LogP contribution in [0.25, 0.3) is 5.69 Å². The third kappa shape index (κ3) is 3.89. The first kappa shape index (κ1) is 17.4. The number of hydrogen-bond donors (Lipinski definition) is 2. The summed E-state index contributed by atoms with van der Waals surface area (Å²) in [5, 5.41) is 10.6. The van der Waals surface area contributed by atoms with Gasteiger partial charge in [-0.1, -0.05) is 6.92 Å². The summed E-state index contributed by atoms with van der Waals surface area (Å²) in [7, 11) is 0. The summed E-state index contributed by atoms with van der Waals surface area (Å²) in [6.45, 7) is 5.99. The van der Waals surface area contributed by atoms with Gasteiger partial charge in [-0.25, -0.2) is 9.67 Å². The zero-order chi connectivity index (χ0) is 15.5. The molecular formula is C16H22ClN5O. The van der Waals surface area contributed by atoms with Crippen LogP contribution in [0.5, 0.6) is 0 Å². The summed E-state index contributed by atoms with van der Waals surface area (Å²) >= 11 is 0. The van der Waals surface area contributed by atoms with Crippen LogP contribution in [0.2, 0.25) is 0 Å². The summed E-state index contributed by atoms with van der Waals surface area (Å²) in [5.41, 5.74) is 2.54. The van der Waals surface area contributed by atoms with Gasteiger partial charge in [0.05, 0.1) is 5.69 Å². The van der Waals surface area contributed by atoms with Crippen molar-refractivity contribution in [3.05, 3.63) is 42.0 Å². The van der Waals surface area contributed by atoms with Gasteiger partial charge in [0.15, 0.2) is 0 Å². The van der Waals surface area contributed by atoms with E-state index in [1.54, 1.807) is 11.0 Å². The van der Waals surface area contributed by atoms with E-state index >= 15 is 0 Å². The molecule has 0 bridgehead atoms. The third-order valence-corrected chi connectivity index (χ3v) is 4.28. The van der Waals surface area contributed by atoms with Gasteiger partial charge in [0.25, 0.3) is 5.91 Å². The largest absolute Gasteiger partial charge is 0.348 e. The van der Waals surface area contributed by atoms with Crippen molar-refractivity contribution in [2.45, 2.75) is 26.3 Å². The highest BCUT2D eigenvalue weighted by molar-refractivity contribution is 5.96. The van der Waals surface area contributed by atoms with Gasteiger partial charge >= 0.3 is 0 Å². The smallest absolute Gasteiger partial charge is 0.251 e. The van der Waals surface area contributed by atoms with Crippen LogP contribution >= 0.6 is 12.4 Å². The average molecular weight is 336 g/mol. The molecule has 0 radical (unpaired) electrons. The highest BCUT2D eigenvalue weighted by Crippen LogP contribution is 2.16. The number of piperidine rings is 1. The van der Waals surface area contributed by atoms with Gasteiger partial charge in [-0.3, -0.25) is 4.79 Å². The number of aryl methyl sites for hydroxylation is 1. The van der Waals surface area contributed by atoms with E-state index in [4.69, 9.17) is 0 Å². The van der Waals surface area contributed by atoms with E-state index in [0.29, 0.717) is 11.5 Å². The summed E-state index contributed by atoms with van der Waals surface area (Å²) in [6, 6.07) is 5.88. The molecule has 2 atom stereocenters. The molecule has 2 aromatic rings. The molecule has 0 aliphatic carbocycles. The van der Waals surface area contributed by atoms with Crippen molar-refractivity contribution in [1.82, 2.24) is 25.4 Å². The molecule has 2 unspecified atom stereocenters. The van der Waals surface area contributed by atoms with Crippen LogP contribution < -0.4 is 10.6 Å². The summed E-state index contributed by atoms with van der Waals surface area (Å²) in [4.78, 5) is 16.4. The first-order valence-electron chi connectivity index (χ1n) is 7.62. The van der Waals surface area contributed by atoms with Crippen LogP contribution in [0.3, 0.4) is 0 Å². The van der Waals surface area contributed by atoms with Gasteiger partial charge in [-0.15, -0.1) is 12.4 Å². The lowest BCUT2D eigenvalue weighted by Crippen LogP contribution is -2.50. The SMILES string of the molecule is Cc1cc(-n2cncn2)ccc1C(=O)NC1CNCCC1C.Cl. The minimum Gasteiger partial charge on any atom is -0.348 e. The fourth-order valence-electron chi connectivity index (χ4n) is 2.82. The minimum atomic E-state index is -0.0109. The molecule has 1 aliphatic heterocycles. The highest BCUT2D eigenvalue weighted by atomic mass is 35.5. The van der Waals surface area contributed by atoms with Gasteiger partial charge in [-0.2, -0.15) is 5.10 Å². The topological polar surface area (TPSA) is 71.8 Å². The maximum Gasteiger partial charge on any atom is 0.251 e. The first-order chi connectivity index (χ1) is 10.6. The van der Waals surface area contributed by atoms with Crippen LogP contribution in [-0.4, -0.2) is 39.8 Å². The van der Waals surface area contributed by atoms with Crippen molar-refractivity contribution < 1.29 is 4.79 Å². The molecular weight excluding hydrogens is 314 g/mol. The van der Waals surface area contributed by atoms with Crippen LogP contribution in [-0.2, 0) is 0 Å². The van der Waals surface area contributed by atoms with E-state index < -0.39 is 0 Å². The highest BCUT2D eigenvalue weighted by Gasteiger charge is 2.23. The molecule has 0 saturated carbocycles. The maximum atomic E-state index is 12.5. The number of halogens is 1. The fraction of sp³-hybridized carbons (Fsp3) is 0.438. The lowest BCUT2D eigenvalue weighted by Gasteiger charge is -2.30. The summed E-state index contributed by atoms with van der Waals surface area (Å²) in [6.07, 6.45) is 4.23. The molecule has 23 heavy (non-hydrogen) atoms. The number of benzene rings is 1. The lowest BCUT2D eigenvalue weighted by atomic mass is 9.94. The second-order valence-electron chi connectivity index (χ2n) is 5.89. The van der Waals surface area contributed by atoms with Crippen molar-refractivity contribution in [2.75, 3.05) is 13.1 Å². The Labute approximate surface area is 142 Å². The van der Waals surface area contributed by atoms with Gasteiger partial charge in [0.2, 0.25) is 0 Å². The van der Waals surface area contributed by atoms with E-state index in [1.165, 1.54) is 6.33 Å². The van der Waals surface area contributed by atoms with Crippen molar-refractivity contribution >= 4 is 18.3 Å². The zero-order valence-corrected chi connectivity index (χ0v) is 14.1. The normalized spacial score (nSPS) is 20.6. The number of carbonyl (C=O) groups excluding carboxylic acids is 1. The van der Waals surface area contributed by atoms with Crippen molar-refractivity contribution in [1.29, 1.82) is 0 Å². The molecule has 1 saturated heterocycles. The Morgan fingerprint density at radius 2 is 2.26 bits per heavy atom. The third-order valence-electron chi connectivity index (χ3n) is 4.28. The van der Waals surface area contributed by atoms with Gasteiger partial charge in [-0.05, 0) is 49.6 Å². The van der Waals surface area contributed by atoms with E-state index in [1.807, 2.05) is 25.1 Å². The quantitative estimate of drug-likeness (QED) is 0.896. The Morgan fingerprint density at radius 1 is 1.43 bits per heavy atom. The van der Waals surface area contributed by atoms with Crippen molar-refractivity contribution in [2.24, 2.45) is 5.92 Å². The number of rotatable bonds is 3. The fourth-order valence-corrected chi connectivity index (χ4v) is 2.82. The van der Waals surface area contributed by atoms with E-state index in [-0.39, 0.29) is 24.4 Å². The molecule has 1 aliphatic rings. The summed E-state index contributed by atoms with van der Waals surface area (Å²) < 4.78 is 1.68. The zero-order valence-electron chi connectivity index (χ0n) is 13.3. The van der Waals surface area contributed by atoms with Gasteiger partial charge < -0.3 is 10.6 Å². The monoisotopic (exact) mass is 335 g/mol. The average Bonchev–Trinajstić information content (AvgIpc) is 3.03. The lowest BCUT2D eigenvalue weighted by molar-refractivity contribution is 0.0914. The Bertz CT molecular complexity index is 658. The number of carbonyl (C=O) groups is 1. The maximum absolute atomic E-state index is 12.5. The minimum absolute atomic E-state index is 0. The molecule has 1 aromatic heterocycles. The predicted octanol–water partition coefficient (Wildman–Crippen LogP) is 1.73. The molecule has 0 spiro atoms. The molecule has 1 amide bonds. The molecule has 2 N–H and O–H groups in total. The van der Waals surface area contributed by atoms with Crippen molar-refractivity contribution in [3.8, 4) is 5.69 Å². The first-order valence-corrected chi connectivity index (χ1v) is 7.62. The molecule has 7 heteroatoms. The van der Waals surface area contributed by atoms with E-state index in [9.17, 15) is 4.79 Å². The molecule has 124 valence electrons. The Morgan fingerprint density at radius 3 is 2.91 bits per heavy atom. The standard InChI is InChI=1S/C16H21N5O.ClH/c1-11-5-6-17-8-15(11)20-16(22)14-4-3-13(7-12(14)2)21-10-18-9-19-21;/h3-4,7,9-11,15,17H,5-6,8H2,1-2H3,(H,20,22);1H. The predicted molar refractivity (Wildman–Crippen MR) is 91.2 cm³/mol. The number of nitrogens with one attached hydrogen (secondary N) is 2.